The van der Waals surface area contributed by atoms with Gasteiger partial charge in [-0.05, 0) is 36.8 Å². The molecule has 1 atom stereocenters. The molecule has 5 nitrogen and oxygen atoms in total. The number of halogens is 1. The molecule has 3 aromatic rings. The number of ether oxygens (including phenoxy) is 1. The Balaban J connectivity index is 2.03. The summed E-state index contributed by atoms with van der Waals surface area (Å²) >= 11 is 0. The first-order chi connectivity index (χ1) is 12.1. The monoisotopic (exact) mass is 337 g/mol. The number of hydrogen-bond acceptors (Lipinski definition) is 4. The van der Waals surface area contributed by atoms with Gasteiger partial charge in [0.15, 0.2) is 0 Å². The first kappa shape index (κ1) is 15.4. The molecule has 25 heavy (non-hydrogen) atoms. The highest BCUT2D eigenvalue weighted by molar-refractivity contribution is 5.94. The lowest BCUT2D eigenvalue weighted by Crippen LogP contribution is -2.28. The van der Waals surface area contributed by atoms with Crippen LogP contribution in [0.5, 0.6) is 0 Å². The van der Waals surface area contributed by atoms with Gasteiger partial charge in [-0.2, -0.15) is 0 Å². The van der Waals surface area contributed by atoms with E-state index in [-0.39, 0.29) is 5.82 Å². The zero-order chi connectivity index (χ0) is 17.6. The quantitative estimate of drug-likeness (QED) is 0.726. The van der Waals surface area contributed by atoms with Crippen molar-refractivity contribution >= 4 is 23.0 Å². The normalized spacial score (nSPS) is 16.5. The third-order valence-electron chi connectivity index (χ3n) is 4.40. The second kappa shape index (κ2) is 5.73. The number of hydrogen-bond donors (Lipinski definition) is 1. The molecular formula is C19H16FN3O2. The van der Waals surface area contributed by atoms with Crippen molar-refractivity contribution < 1.29 is 13.9 Å². The van der Waals surface area contributed by atoms with Crippen molar-refractivity contribution in [1.29, 1.82) is 0 Å². The summed E-state index contributed by atoms with van der Waals surface area (Å²) in [6, 6.07) is 13.4. The van der Waals surface area contributed by atoms with Crippen LogP contribution in [0, 0.1) is 5.82 Å². The number of methoxy groups -OCH3 is 1. The van der Waals surface area contributed by atoms with Gasteiger partial charge in [0.2, 0.25) is 5.95 Å². The Hall–Kier alpha value is -3.15. The van der Waals surface area contributed by atoms with E-state index in [2.05, 4.69) is 10.3 Å². The van der Waals surface area contributed by atoms with Crippen LogP contribution in [0.2, 0.25) is 0 Å². The molecule has 2 heterocycles. The Morgan fingerprint density at radius 1 is 1.24 bits per heavy atom. The lowest BCUT2D eigenvalue weighted by atomic mass is 9.95. The molecule has 6 heteroatoms. The number of aromatic nitrogens is 2. The van der Waals surface area contributed by atoms with Crippen molar-refractivity contribution in [2.45, 2.75) is 13.0 Å². The van der Waals surface area contributed by atoms with Gasteiger partial charge in [-0.3, -0.25) is 4.57 Å². The fourth-order valence-electron chi connectivity index (χ4n) is 3.33. The molecule has 0 fully saturated rings. The molecule has 4 rings (SSSR count). The number of rotatable bonds is 2. The highest BCUT2D eigenvalue weighted by Gasteiger charge is 2.34. The minimum Gasteiger partial charge on any atom is -0.466 e. The number of carbonyl (C=O) groups excluding carboxylic acids is 1. The van der Waals surface area contributed by atoms with E-state index in [9.17, 15) is 9.18 Å². The Morgan fingerprint density at radius 2 is 2.04 bits per heavy atom. The van der Waals surface area contributed by atoms with Crippen molar-refractivity contribution in [1.82, 2.24) is 9.55 Å². The number of anilines is 1. The van der Waals surface area contributed by atoms with E-state index in [1.165, 1.54) is 19.2 Å². The molecule has 0 saturated heterocycles. The van der Waals surface area contributed by atoms with Crippen molar-refractivity contribution in [3.05, 3.63) is 71.2 Å². The lowest BCUT2D eigenvalue weighted by Gasteiger charge is -2.30. The molecule has 126 valence electrons. The number of nitrogens with zero attached hydrogens (tertiary/aromatic N) is 2. The fraction of sp³-hybridized carbons (Fsp3) is 0.158. The van der Waals surface area contributed by atoms with Gasteiger partial charge < -0.3 is 10.1 Å². The van der Waals surface area contributed by atoms with Gasteiger partial charge in [0, 0.05) is 5.70 Å². The molecular weight excluding hydrogens is 321 g/mol. The van der Waals surface area contributed by atoms with E-state index in [0.29, 0.717) is 22.8 Å². The minimum absolute atomic E-state index is 0.358. The molecule has 0 aliphatic carbocycles. The molecule has 0 radical (unpaired) electrons. The van der Waals surface area contributed by atoms with E-state index in [1.54, 1.807) is 19.1 Å². The van der Waals surface area contributed by atoms with Crippen LogP contribution >= 0.6 is 0 Å². The molecule has 1 N–H and O–H groups in total. The Kier molecular flexibility index (Phi) is 3.53. The number of benzene rings is 2. The van der Waals surface area contributed by atoms with Crippen LogP contribution in [0.4, 0.5) is 10.3 Å². The number of esters is 1. The summed E-state index contributed by atoms with van der Waals surface area (Å²) < 4.78 is 20.8. The van der Waals surface area contributed by atoms with Gasteiger partial charge in [-0.25, -0.2) is 14.2 Å². The Labute approximate surface area is 143 Å². The highest BCUT2D eigenvalue weighted by atomic mass is 19.1. The smallest absolute Gasteiger partial charge is 0.337 e. The van der Waals surface area contributed by atoms with Crippen molar-refractivity contribution in [3.8, 4) is 0 Å². The first-order valence-corrected chi connectivity index (χ1v) is 7.88. The molecule has 0 saturated carbocycles. The molecule has 2 aromatic carbocycles. The van der Waals surface area contributed by atoms with Crippen LogP contribution in [0.15, 0.2) is 59.8 Å². The van der Waals surface area contributed by atoms with Crippen molar-refractivity contribution in [2.75, 3.05) is 12.4 Å². The number of fused-ring (bicyclic) bond motifs is 3. The summed E-state index contributed by atoms with van der Waals surface area (Å²) in [5.41, 5.74) is 3.39. The molecule has 0 amide bonds. The maximum absolute atomic E-state index is 13.9. The number of nitrogens with one attached hydrogen (secondary N) is 1. The predicted octanol–water partition coefficient (Wildman–Crippen LogP) is 3.64. The maximum Gasteiger partial charge on any atom is 0.337 e. The molecule has 1 aliphatic rings. The van der Waals surface area contributed by atoms with Gasteiger partial charge in [0.05, 0.1) is 29.8 Å². The predicted molar refractivity (Wildman–Crippen MR) is 92.6 cm³/mol. The third-order valence-corrected chi connectivity index (χ3v) is 4.40. The van der Waals surface area contributed by atoms with Gasteiger partial charge in [-0.1, -0.05) is 24.3 Å². The zero-order valence-corrected chi connectivity index (χ0v) is 13.8. The summed E-state index contributed by atoms with van der Waals surface area (Å²) in [4.78, 5) is 17.1. The number of para-hydroxylation sites is 2. The van der Waals surface area contributed by atoms with E-state index in [4.69, 9.17) is 4.74 Å². The molecule has 0 spiro atoms. The minimum atomic E-state index is -0.521. The standard InChI is InChI=1S/C19H16FN3O2/c1-11-16(18(24)25-2)17(12-6-5-7-13(20)10-12)23-15-9-4-3-8-14(15)22-19(23)21-11/h3-10,17H,1-2H3,(H,21,22). The molecule has 0 bridgehead atoms. The van der Waals surface area contributed by atoms with Crippen LogP contribution in [-0.2, 0) is 9.53 Å². The van der Waals surface area contributed by atoms with Crippen LogP contribution in [0.1, 0.15) is 18.5 Å². The number of allylic oxidation sites excluding steroid dienone is 1. The van der Waals surface area contributed by atoms with E-state index < -0.39 is 12.0 Å². The van der Waals surface area contributed by atoms with E-state index in [0.717, 1.165) is 11.0 Å². The first-order valence-electron chi connectivity index (χ1n) is 7.88. The average Bonchev–Trinajstić information content (AvgIpc) is 2.97. The molecule has 1 aromatic heterocycles. The van der Waals surface area contributed by atoms with Crippen LogP contribution in [0.25, 0.3) is 11.0 Å². The van der Waals surface area contributed by atoms with Crippen molar-refractivity contribution in [2.24, 2.45) is 0 Å². The second-order valence-electron chi connectivity index (χ2n) is 5.91. The lowest BCUT2D eigenvalue weighted by molar-refractivity contribution is -0.136. The second-order valence-corrected chi connectivity index (χ2v) is 5.91. The van der Waals surface area contributed by atoms with Gasteiger partial charge in [0.1, 0.15) is 5.82 Å². The SMILES string of the molecule is COC(=O)C1=C(C)Nc2nc3ccccc3n2C1c1cccc(F)c1. The summed E-state index contributed by atoms with van der Waals surface area (Å²) in [5.74, 6) is -0.202. The summed E-state index contributed by atoms with van der Waals surface area (Å²) in [6.07, 6.45) is 0. The van der Waals surface area contributed by atoms with Crippen LogP contribution < -0.4 is 5.32 Å². The van der Waals surface area contributed by atoms with Gasteiger partial charge in [0.25, 0.3) is 0 Å². The van der Waals surface area contributed by atoms with Gasteiger partial charge in [-0.15, -0.1) is 0 Å². The topological polar surface area (TPSA) is 56.1 Å². The van der Waals surface area contributed by atoms with Gasteiger partial charge >= 0.3 is 5.97 Å². The molecule has 1 aliphatic heterocycles. The fourth-order valence-corrected chi connectivity index (χ4v) is 3.33. The average molecular weight is 337 g/mol. The summed E-state index contributed by atoms with van der Waals surface area (Å²) in [6.45, 7) is 1.79. The number of carbonyl (C=O) groups is 1. The third kappa shape index (κ3) is 2.38. The highest BCUT2D eigenvalue weighted by Crippen LogP contribution is 2.39. The van der Waals surface area contributed by atoms with Crippen LogP contribution in [-0.4, -0.2) is 22.6 Å². The Morgan fingerprint density at radius 3 is 2.80 bits per heavy atom. The number of imidazole rings is 1. The Bertz CT molecular complexity index is 1020. The summed E-state index contributed by atoms with van der Waals surface area (Å²) in [5, 5.41) is 3.17. The van der Waals surface area contributed by atoms with Crippen molar-refractivity contribution in [3.63, 3.8) is 0 Å². The maximum atomic E-state index is 13.9. The summed E-state index contributed by atoms with van der Waals surface area (Å²) in [7, 11) is 1.34. The zero-order valence-electron chi connectivity index (χ0n) is 13.8. The van der Waals surface area contributed by atoms with E-state index in [1.807, 2.05) is 28.8 Å². The van der Waals surface area contributed by atoms with E-state index >= 15 is 0 Å². The van der Waals surface area contributed by atoms with Crippen LogP contribution in [0.3, 0.4) is 0 Å². The molecule has 1 unspecified atom stereocenters. The largest absolute Gasteiger partial charge is 0.466 e.